The summed E-state index contributed by atoms with van der Waals surface area (Å²) in [5.74, 6) is -0.546. The normalized spacial score (nSPS) is 23.2. The maximum absolute atomic E-state index is 13.4. The van der Waals surface area contributed by atoms with Crippen LogP contribution in [0.25, 0.3) is 0 Å². The molecule has 28 heavy (non-hydrogen) atoms. The fourth-order valence-corrected chi connectivity index (χ4v) is 4.26. The summed E-state index contributed by atoms with van der Waals surface area (Å²) in [5, 5.41) is 11.5. The molecule has 0 aromatic heterocycles. The third-order valence-electron chi connectivity index (χ3n) is 5.89. The number of nitriles is 1. The number of carbonyl (C=O) groups excluding carboxylic acids is 1. The van der Waals surface area contributed by atoms with Crippen molar-refractivity contribution in [2.24, 2.45) is 5.92 Å². The van der Waals surface area contributed by atoms with Gasteiger partial charge in [-0.3, -0.25) is 9.69 Å². The van der Waals surface area contributed by atoms with E-state index in [1.54, 1.807) is 0 Å². The smallest absolute Gasteiger partial charge is 0.234 e. The molecule has 1 saturated heterocycles. The first kappa shape index (κ1) is 20.5. The van der Waals surface area contributed by atoms with Gasteiger partial charge in [0.2, 0.25) is 5.91 Å². The number of carbonyl (C=O) groups is 1. The largest absolute Gasteiger partial charge is 0.369 e. The number of rotatable bonds is 6. The molecule has 1 aliphatic heterocycles. The highest BCUT2D eigenvalue weighted by Gasteiger charge is 2.24. The van der Waals surface area contributed by atoms with E-state index in [4.69, 9.17) is 5.26 Å². The molecule has 1 N–H and O–H groups in total. The molecule has 7 heteroatoms. The van der Waals surface area contributed by atoms with E-state index >= 15 is 0 Å². The summed E-state index contributed by atoms with van der Waals surface area (Å²) in [4.78, 5) is 16.0. The van der Waals surface area contributed by atoms with Crippen molar-refractivity contribution in [3.63, 3.8) is 0 Å². The van der Waals surface area contributed by atoms with Crippen molar-refractivity contribution < 1.29 is 13.6 Å². The van der Waals surface area contributed by atoms with Crippen LogP contribution in [0.2, 0.25) is 0 Å². The summed E-state index contributed by atoms with van der Waals surface area (Å²) < 4.78 is 26.8. The number of amides is 1. The van der Waals surface area contributed by atoms with Crippen LogP contribution in [0.15, 0.2) is 18.2 Å². The summed E-state index contributed by atoms with van der Waals surface area (Å²) in [5.41, 5.74) is 0.619. The van der Waals surface area contributed by atoms with Crippen LogP contribution in [0.3, 0.4) is 0 Å². The molecule has 1 aromatic rings. The molecule has 0 spiro atoms. The number of anilines is 1. The van der Waals surface area contributed by atoms with Crippen molar-refractivity contribution in [1.82, 2.24) is 10.2 Å². The molecule has 1 aromatic carbocycles. The summed E-state index contributed by atoms with van der Waals surface area (Å²) in [6, 6.07) is 5.80. The van der Waals surface area contributed by atoms with E-state index in [2.05, 4.69) is 10.2 Å². The van der Waals surface area contributed by atoms with Crippen LogP contribution in [-0.2, 0) is 4.79 Å². The van der Waals surface area contributed by atoms with Crippen LogP contribution in [-0.4, -0.2) is 49.6 Å². The van der Waals surface area contributed by atoms with Gasteiger partial charge in [0.05, 0.1) is 6.07 Å². The van der Waals surface area contributed by atoms with Gasteiger partial charge in [-0.15, -0.1) is 0 Å². The molecule has 1 saturated carbocycles. The van der Waals surface area contributed by atoms with E-state index in [9.17, 15) is 13.6 Å². The SMILES string of the molecule is N#CCC(=O)NC1CCC(CCN2CCN(c3cc(F)cc(F)c3)CC2)CC1. The lowest BCUT2D eigenvalue weighted by Gasteiger charge is -2.37. The summed E-state index contributed by atoms with van der Waals surface area (Å²) in [7, 11) is 0. The number of halogens is 2. The molecular formula is C21H28F2N4O. The first-order chi connectivity index (χ1) is 13.5. The minimum atomic E-state index is -0.531. The zero-order chi connectivity index (χ0) is 19.9. The van der Waals surface area contributed by atoms with Gasteiger partial charge in [-0.1, -0.05) is 0 Å². The van der Waals surface area contributed by atoms with Crippen LogP contribution in [0, 0.1) is 28.9 Å². The highest BCUT2D eigenvalue weighted by molar-refractivity contribution is 5.78. The first-order valence-corrected chi connectivity index (χ1v) is 10.1. The second-order valence-electron chi connectivity index (χ2n) is 7.87. The Morgan fingerprint density at radius 3 is 2.32 bits per heavy atom. The molecule has 2 fully saturated rings. The molecule has 2 aliphatic rings. The summed E-state index contributed by atoms with van der Waals surface area (Å²) in [6.45, 7) is 4.40. The Labute approximate surface area is 165 Å². The molecule has 1 amide bonds. The van der Waals surface area contributed by atoms with Gasteiger partial charge in [0.1, 0.15) is 18.1 Å². The average Bonchev–Trinajstić information content (AvgIpc) is 2.67. The van der Waals surface area contributed by atoms with Gasteiger partial charge >= 0.3 is 0 Å². The van der Waals surface area contributed by atoms with Gasteiger partial charge in [0.15, 0.2) is 0 Å². The molecule has 1 heterocycles. The fraction of sp³-hybridized carbons (Fsp3) is 0.619. The molecule has 0 unspecified atom stereocenters. The van der Waals surface area contributed by atoms with Crippen molar-refractivity contribution in [1.29, 1.82) is 5.26 Å². The zero-order valence-electron chi connectivity index (χ0n) is 16.2. The average molecular weight is 390 g/mol. The van der Waals surface area contributed by atoms with Crippen LogP contribution in [0.4, 0.5) is 14.5 Å². The van der Waals surface area contributed by atoms with Crippen LogP contribution >= 0.6 is 0 Å². The third-order valence-corrected chi connectivity index (χ3v) is 5.89. The van der Waals surface area contributed by atoms with Crippen molar-refractivity contribution in [3.8, 4) is 6.07 Å². The molecule has 152 valence electrons. The zero-order valence-corrected chi connectivity index (χ0v) is 16.2. The molecule has 0 radical (unpaired) electrons. The van der Waals surface area contributed by atoms with E-state index in [1.807, 2.05) is 11.0 Å². The Hall–Kier alpha value is -2.20. The molecule has 5 nitrogen and oxygen atoms in total. The number of hydrogen-bond acceptors (Lipinski definition) is 4. The number of benzene rings is 1. The molecule has 3 rings (SSSR count). The second-order valence-corrected chi connectivity index (χ2v) is 7.87. The van der Waals surface area contributed by atoms with Gasteiger partial charge in [0.25, 0.3) is 0 Å². The highest BCUT2D eigenvalue weighted by atomic mass is 19.1. The lowest BCUT2D eigenvalue weighted by atomic mass is 9.84. The number of nitrogens with one attached hydrogen (secondary N) is 1. The molecule has 0 atom stereocenters. The number of piperazine rings is 1. The van der Waals surface area contributed by atoms with Gasteiger partial charge in [-0.25, -0.2) is 8.78 Å². The van der Waals surface area contributed by atoms with Crippen LogP contribution < -0.4 is 10.2 Å². The summed E-state index contributed by atoms with van der Waals surface area (Å²) in [6.07, 6.45) is 5.28. The lowest BCUT2D eigenvalue weighted by molar-refractivity contribution is -0.121. The van der Waals surface area contributed by atoms with Crippen molar-refractivity contribution in [2.75, 3.05) is 37.6 Å². The van der Waals surface area contributed by atoms with Crippen LogP contribution in [0.5, 0.6) is 0 Å². The Balaban J connectivity index is 1.35. The van der Waals surface area contributed by atoms with E-state index in [1.165, 1.54) is 12.1 Å². The summed E-state index contributed by atoms with van der Waals surface area (Å²) >= 11 is 0. The minimum Gasteiger partial charge on any atom is -0.369 e. The maximum Gasteiger partial charge on any atom is 0.234 e. The van der Waals surface area contributed by atoms with Gasteiger partial charge in [-0.2, -0.15) is 5.26 Å². The fourth-order valence-electron chi connectivity index (χ4n) is 4.26. The molecule has 0 bridgehead atoms. The Kier molecular flexibility index (Phi) is 7.21. The monoisotopic (exact) mass is 390 g/mol. The molecule has 1 aliphatic carbocycles. The Morgan fingerprint density at radius 1 is 1.07 bits per heavy atom. The predicted molar refractivity (Wildman–Crippen MR) is 104 cm³/mol. The highest BCUT2D eigenvalue weighted by Crippen LogP contribution is 2.27. The van der Waals surface area contributed by atoms with E-state index in [0.717, 1.165) is 70.9 Å². The lowest BCUT2D eigenvalue weighted by Crippen LogP contribution is -2.47. The minimum absolute atomic E-state index is 0.0613. The van der Waals surface area contributed by atoms with E-state index in [-0.39, 0.29) is 18.4 Å². The maximum atomic E-state index is 13.4. The first-order valence-electron chi connectivity index (χ1n) is 10.1. The quantitative estimate of drug-likeness (QED) is 0.811. The predicted octanol–water partition coefficient (Wildman–Crippen LogP) is 3.07. The third kappa shape index (κ3) is 5.90. The van der Waals surface area contributed by atoms with Crippen molar-refractivity contribution in [2.45, 2.75) is 44.6 Å². The van der Waals surface area contributed by atoms with Crippen LogP contribution in [0.1, 0.15) is 38.5 Å². The number of hydrogen-bond donors (Lipinski definition) is 1. The van der Waals surface area contributed by atoms with E-state index in [0.29, 0.717) is 11.6 Å². The Morgan fingerprint density at radius 2 is 1.71 bits per heavy atom. The topological polar surface area (TPSA) is 59.4 Å². The van der Waals surface area contributed by atoms with E-state index < -0.39 is 11.6 Å². The molecular weight excluding hydrogens is 362 g/mol. The number of nitrogens with zero attached hydrogens (tertiary/aromatic N) is 3. The van der Waals surface area contributed by atoms with Gasteiger partial charge in [0, 0.05) is 44.0 Å². The van der Waals surface area contributed by atoms with Gasteiger partial charge in [-0.05, 0) is 56.7 Å². The Bertz CT molecular complexity index is 685. The standard InChI is InChI=1S/C21H28F2N4O/c22-17-13-18(23)15-20(14-17)27-11-9-26(10-12-27)8-6-16-1-3-19(4-2-16)25-21(28)5-7-24/h13-16,19H,1-6,8-12H2,(H,25,28). The van der Waals surface area contributed by atoms with Gasteiger partial charge < -0.3 is 10.2 Å². The second kappa shape index (κ2) is 9.83. The van der Waals surface area contributed by atoms with Crippen molar-refractivity contribution >= 4 is 11.6 Å². The van der Waals surface area contributed by atoms with Crippen molar-refractivity contribution in [3.05, 3.63) is 29.8 Å².